The van der Waals surface area contributed by atoms with Crippen LogP contribution in [0.25, 0.3) is 0 Å². The third-order valence-corrected chi connectivity index (χ3v) is 3.35. The molecule has 0 spiro atoms. The second-order valence-corrected chi connectivity index (χ2v) is 4.99. The number of aliphatic hydroxyl groups is 2. The predicted octanol–water partition coefficient (Wildman–Crippen LogP) is 2.66. The van der Waals surface area contributed by atoms with Gasteiger partial charge in [-0.15, -0.1) is 0 Å². The molecule has 0 aromatic carbocycles. The van der Waals surface area contributed by atoms with E-state index in [2.05, 4.69) is 6.92 Å². The van der Waals surface area contributed by atoms with E-state index in [1.807, 2.05) is 0 Å². The lowest BCUT2D eigenvalue weighted by molar-refractivity contribution is -0.152. The van der Waals surface area contributed by atoms with Gasteiger partial charge in [0.15, 0.2) is 0 Å². The van der Waals surface area contributed by atoms with Crippen molar-refractivity contribution in [1.82, 2.24) is 0 Å². The minimum atomic E-state index is -0.792. The number of carbonyl (C=O) groups excluding carboxylic acids is 1. The Morgan fingerprint density at radius 1 is 1.05 bits per heavy atom. The van der Waals surface area contributed by atoms with Gasteiger partial charge in [0.2, 0.25) is 0 Å². The Morgan fingerprint density at radius 2 is 1.68 bits per heavy atom. The highest BCUT2D eigenvalue weighted by molar-refractivity contribution is 5.73. The second-order valence-electron chi connectivity index (χ2n) is 4.99. The van der Waals surface area contributed by atoms with Gasteiger partial charge in [-0.1, -0.05) is 45.4 Å². The van der Waals surface area contributed by atoms with Gasteiger partial charge in [-0.25, -0.2) is 0 Å². The quantitative estimate of drug-likeness (QED) is 0.424. The van der Waals surface area contributed by atoms with Gasteiger partial charge in [0.25, 0.3) is 0 Å². The Balaban J connectivity index is 4.01. The number of ether oxygens (including phenoxy) is 1. The maximum Gasteiger partial charge on any atom is 0.311 e. The van der Waals surface area contributed by atoms with Crippen molar-refractivity contribution in [1.29, 1.82) is 0 Å². The molecular formula is C15H30O4. The van der Waals surface area contributed by atoms with E-state index < -0.39 is 12.0 Å². The van der Waals surface area contributed by atoms with Gasteiger partial charge in [0, 0.05) is 6.61 Å². The fourth-order valence-electron chi connectivity index (χ4n) is 2.19. The topological polar surface area (TPSA) is 66.8 Å². The summed E-state index contributed by atoms with van der Waals surface area (Å²) in [6.07, 6.45) is 7.00. The summed E-state index contributed by atoms with van der Waals surface area (Å²) in [5.74, 6) is -0.824. The minimum Gasteiger partial charge on any atom is -0.466 e. The number of esters is 1. The maximum absolute atomic E-state index is 11.8. The highest BCUT2D eigenvalue weighted by Crippen LogP contribution is 2.19. The Morgan fingerprint density at radius 3 is 2.26 bits per heavy atom. The number of hydrogen-bond donors (Lipinski definition) is 2. The van der Waals surface area contributed by atoms with Crippen LogP contribution in [0.3, 0.4) is 0 Å². The van der Waals surface area contributed by atoms with Crippen molar-refractivity contribution in [2.24, 2.45) is 5.92 Å². The fraction of sp³-hybridized carbons (Fsp3) is 0.933. The van der Waals surface area contributed by atoms with E-state index >= 15 is 0 Å². The molecule has 0 amide bonds. The molecule has 0 aromatic rings. The average molecular weight is 274 g/mol. The molecule has 4 nitrogen and oxygen atoms in total. The second kappa shape index (κ2) is 12.4. The van der Waals surface area contributed by atoms with Crippen molar-refractivity contribution >= 4 is 5.97 Å². The van der Waals surface area contributed by atoms with E-state index in [0.29, 0.717) is 13.0 Å². The molecule has 0 heterocycles. The Bertz CT molecular complexity index is 218. The summed E-state index contributed by atoms with van der Waals surface area (Å²) in [5, 5.41) is 18.7. The molecule has 0 bridgehead atoms. The van der Waals surface area contributed by atoms with Crippen LogP contribution in [0.2, 0.25) is 0 Å². The van der Waals surface area contributed by atoms with E-state index in [9.17, 15) is 9.90 Å². The van der Waals surface area contributed by atoms with Crippen LogP contribution in [0.5, 0.6) is 0 Å². The zero-order chi connectivity index (χ0) is 14.5. The van der Waals surface area contributed by atoms with Crippen molar-refractivity contribution < 1.29 is 19.7 Å². The molecule has 0 aliphatic heterocycles. The van der Waals surface area contributed by atoms with Gasteiger partial charge in [0.05, 0.1) is 18.6 Å². The molecule has 0 saturated heterocycles. The lowest BCUT2D eigenvalue weighted by atomic mass is 9.93. The largest absolute Gasteiger partial charge is 0.466 e. The normalized spacial score (nSPS) is 14.1. The molecule has 0 aromatic heterocycles. The van der Waals surface area contributed by atoms with Gasteiger partial charge in [-0.05, 0) is 19.8 Å². The van der Waals surface area contributed by atoms with Crippen LogP contribution in [-0.4, -0.2) is 35.5 Å². The van der Waals surface area contributed by atoms with E-state index in [1.54, 1.807) is 6.92 Å². The molecule has 19 heavy (non-hydrogen) atoms. The summed E-state index contributed by atoms with van der Waals surface area (Å²) in [6, 6.07) is 0. The highest BCUT2D eigenvalue weighted by atomic mass is 16.5. The van der Waals surface area contributed by atoms with Crippen LogP contribution in [0.1, 0.15) is 65.2 Å². The lowest BCUT2D eigenvalue weighted by Crippen LogP contribution is -2.30. The summed E-state index contributed by atoms with van der Waals surface area (Å²) in [4.78, 5) is 11.8. The summed E-state index contributed by atoms with van der Waals surface area (Å²) in [5.41, 5.74) is 0. The van der Waals surface area contributed by atoms with Gasteiger partial charge in [-0.2, -0.15) is 0 Å². The predicted molar refractivity (Wildman–Crippen MR) is 75.8 cm³/mol. The Labute approximate surface area is 117 Å². The Kier molecular flexibility index (Phi) is 12.0. The van der Waals surface area contributed by atoms with Gasteiger partial charge in [0.1, 0.15) is 0 Å². The van der Waals surface area contributed by atoms with E-state index in [4.69, 9.17) is 9.84 Å². The molecule has 0 aliphatic rings. The van der Waals surface area contributed by atoms with Crippen LogP contribution < -0.4 is 0 Å². The molecule has 0 radical (unpaired) electrons. The molecule has 0 fully saturated rings. The first kappa shape index (κ1) is 18.4. The summed E-state index contributed by atoms with van der Waals surface area (Å²) < 4.78 is 4.99. The van der Waals surface area contributed by atoms with E-state index in [0.717, 1.165) is 12.8 Å². The number of hydrogen-bond acceptors (Lipinski definition) is 4. The zero-order valence-corrected chi connectivity index (χ0v) is 12.4. The summed E-state index contributed by atoms with van der Waals surface area (Å²) in [7, 11) is 0. The van der Waals surface area contributed by atoms with Crippen LogP contribution in [-0.2, 0) is 9.53 Å². The van der Waals surface area contributed by atoms with Crippen molar-refractivity contribution in [2.45, 2.75) is 71.3 Å². The van der Waals surface area contributed by atoms with Crippen LogP contribution in [0, 0.1) is 5.92 Å². The number of unbranched alkanes of at least 4 members (excludes halogenated alkanes) is 5. The van der Waals surface area contributed by atoms with Gasteiger partial charge in [-0.3, -0.25) is 4.79 Å². The highest BCUT2D eigenvalue weighted by Gasteiger charge is 2.27. The minimum absolute atomic E-state index is 0.104. The van der Waals surface area contributed by atoms with Crippen LogP contribution >= 0.6 is 0 Å². The smallest absolute Gasteiger partial charge is 0.311 e. The third kappa shape index (κ3) is 9.00. The van der Waals surface area contributed by atoms with Gasteiger partial charge >= 0.3 is 5.97 Å². The molecule has 2 N–H and O–H groups in total. The van der Waals surface area contributed by atoms with Crippen molar-refractivity contribution in [2.75, 3.05) is 13.2 Å². The third-order valence-electron chi connectivity index (χ3n) is 3.35. The summed E-state index contributed by atoms with van der Waals surface area (Å²) >= 11 is 0. The lowest BCUT2D eigenvalue weighted by Gasteiger charge is -2.20. The van der Waals surface area contributed by atoms with Crippen LogP contribution in [0.15, 0.2) is 0 Å². The zero-order valence-electron chi connectivity index (χ0n) is 12.4. The van der Waals surface area contributed by atoms with E-state index in [-0.39, 0.29) is 19.0 Å². The van der Waals surface area contributed by atoms with Crippen molar-refractivity contribution in [3.8, 4) is 0 Å². The fourth-order valence-corrected chi connectivity index (χ4v) is 2.19. The number of rotatable bonds is 12. The number of carbonyl (C=O) groups is 1. The summed E-state index contributed by atoms with van der Waals surface area (Å²) in [6.45, 7) is 4.17. The maximum atomic E-state index is 11.8. The molecule has 0 saturated carbocycles. The SMILES string of the molecule is CCCCCCCCC(C(=O)OCC)C(O)CCO. The first-order chi connectivity index (χ1) is 9.17. The molecule has 2 atom stereocenters. The first-order valence-electron chi connectivity index (χ1n) is 7.62. The molecule has 4 heteroatoms. The van der Waals surface area contributed by atoms with Crippen molar-refractivity contribution in [3.63, 3.8) is 0 Å². The van der Waals surface area contributed by atoms with Gasteiger partial charge < -0.3 is 14.9 Å². The molecule has 2 unspecified atom stereocenters. The van der Waals surface area contributed by atoms with Crippen LogP contribution in [0.4, 0.5) is 0 Å². The monoisotopic (exact) mass is 274 g/mol. The number of aliphatic hydroxyl groups excluding tert-OH is 2. The molecular weight excluding hydrogens is 244 g/mol. The Hall–Kier alpha value is -0.610. The van der Waals surface area contributed by atoms with E-state index in [1.165, 1.54) is 25.7 Å². The van der Waals surface area contributed by atoms with Crippen molar-refractivity contribution in [3.05, 3.63) is 0 Å². The molecule has 0 aliphatic carbocycles. The molecule has 0 rings (SSSR count). The average Bonchev–Trinajstić information content (AvgIpc) is 2.38. The molecule has 114 valence electrons. The standard InChI is InChI=1S/C15H30O4/c1-3-5-6-7-8-9-10-13(14(17)11-12-16)15(18)19-4-2/h13-14,16-17H,3-12H2,1-2H3. The first-order valence-corrected chi connectivity index (χ1v) is 7.62.